The summed E-state index contributed by atoms with van der Waals surface area (Å²) in [5.41, 5.74) is 0. The third-order valence-electron chi connectivity index (χ3n) is 4.22. The van der Waals surface area contributed by atoms with Crippen molar-refractivity contribution in [2.75, 3.05) is 0 Å². The maximum absolute atomic E-state index is 13.0. The fourth-order valence-corrected chi connectivity index (χ4v) is 2.96. The number of rotatable bonds is 3. The van der Waals surface area contributed by atoms with Crippen molar-refractivity contribution in [2.45, 2.75) is 56.9 Å². The van der Waals surface area contributed by atoms with Crippen molar-refractivity contribution >= 4 is 11.9 Å². The Hall–Kier alpha value is -1.20. The Morgan fingerprint density at radius 2 is 1.68 bits per heavy atom. The molecule has 19 heavy (non-hydrogen) atoms. The van der Waals surface area contributed by atoms with E-state index in [0.717, 1.165) is 0 Å². The van der Waals surface area contributed by atoms with Crippen LogP contribution >= 0.6 is 0 Å². The fraction of sp³-hybridized carbons (Fsp3) is 0.846. The van der Waals surface area contributed by atoms with Crippen molar-refractivity contribution in [1.29, 1.82) is 0 Å². The van der Waals surface area contributed by atoms with Gasteiger partial charge < -0.3 is 10.4 Å². The van der Waals surface area contributed by atoms with Gasteiger partial charge in [0.25, 0.3) is 0 Å². The molecule has 0 spiro atoms. The number of carboxylic acids is 1. The van der Waals surface area contributed by atoms with Gasteiger partial charge >= 0.3 is 5.97 Å². The van der Waals surface area contributed by atoms with Gasteiger partial charge in [-0.2, -0.15) is 0 Å². The lowest BCUT2D eigenvalue weighted by molar-refractivity contribution is -0.141. The van der Waals surface area contributed by atoms with Crippen LogP contribution in [-0.2, 0) is 9.59 Å². The molecule has 108 valence electrons. The normalized spacial score (nSPS) is 31.1. The minimum atomic E-state index is -2.63. The molecule has 2 atom stereocenters. The first-order valence-corrected chi connectivity index (χ1v) is 6.78. The molecule has 0 aliphatic heterocycles. The van der Waals surface area contributed by atoms with Gasteiger partial charge in [-0.3, -0.25) is 9.59 Å². The minimum Gasteiger partial charge on any atom is -0.481 e. The standard InChI is InChI=1S/C13H19F2NO3/c14-13(15)5-3-8(4-6-13)11(17)16-10-2-1-9(7-10)12(18)19/h8-10H,1-7H2,(H,16,17)(H,18,19)/t9-,10+/m0/s1. The van der Waals surface area contributed by atoms with E-state index in [1.165, 1.54) is 0 Å². The molecule has 0 heterocycles. The first-order valence-electron chi connectivity index (χ1n) is 6.78. The molecule has 0 saturated heterocycles. The van der Waals surface area contributed by atoms with Crippen LogP contribution in [0.3, 0.4) is 0 Å². The lowest BCUT2D eigenvalue weighted by Crippen LogP contribution is -2.40. The summed E-state index contributed by atoms with van der Waals surface area (Å²) in [6, 6.07) is -0.115. The summed E-state index contributed by atoms with van der Waals surface area (Å²) < 4.78 is 26.0. The Labute approximate surface area is 110 Å². The molecule has 0 aromatic rings. The SMILES string of the molecule is O=C(N[C@@H]1CC[C@H](C(=O)O)C1)C1CCC(F)(F)CC1. The smallest absolute Gasteiger partial charge is 0.306 e. The van der Waals surface area contributed by atoms with Gasteiger partial charge in [-0.1, -0.05) is 0 Å². The van der Waals surface area contributed by atoms with Crippen molar-refractivity contribution in [3.63, 3.8) is 0 Å². The third-order valence-corrected chi connectivity index (χ3v) is 4.22. The second kappa shape index (κ2) is 5.43. The van der Waals surface area contributed by atoms with Gasteiger partial charge in [-0.15, -0.1) is 0 Å². The van der Waals surface area contributed by atoms with Gasteiger partial charge in [0.15, 0.2) is 0 Å². The number of carboxylic acid groups (broad SMARTS) is 1. The predicted molar refractivity (Wildman–Crippen MR) is 63.8 cm³/mol. The topological polar surface area (TPSA) is 66.4 Å². The van der Waals surface area contributed by atoms with Crippen LogP contribution in [0.1, 0.15) is 44.9 Å². The zero-order valence-corrected chi connectivity index (χ0v) is 10.7. The van der Waals surface area contributed by atoms with E-state index in [-0.39, 0.29) is 49.5 Å². The number of hydrogen-bond donors (Lipinski definition) is 2. The van der Waals surface area contributed by atoms with Crippen LogP contribution in [0.5, 0.6) is 0 Å². The monoisotopic (exact) mass is 275 g/mol. The number of hydrogen-bond acceptors (Lipinski definition) is 2. The summed E-state index contributed by atoms with van der Waals surface area (Å²) >= 11 is 0. The highest BCUT2D eigenvalue weighted by Crippen LogP contribution is 2.36. The number of alkyl halides is 2. The summed E-state index contributed by atoms with van der Waals surface area (Å²) in [7, 11) is 0. The molecule has 0 aromatic carbocycles. The van der Waals surface area contributed by atoms with Gasteiger partial charge in [0, 0.05) is 24.8 Å². The van der Waals surface area contributed by atoms with Crippen molar-refractivity contribution in [2.24, 2.45) is 11.8 Å². The van der Waals surface area contributed by atoms with E-state index >= 15 is 0 Å². The maximum atomic E-state index is 13.0. The molecule has 2 rings (SSSR count). The molecule has 6 heteroatoms. The quantitative estimate of drug-likeness (QED) is 0.829. The van der Waals surface area contributed by atoms with Crippen LogP contribution in [0.4, 0.5) is 8.78 Å². The van der Waals surface area contributed by atoms with E-state index in [4.69, 9.17) is 5.11 Å². The Morgan fingerprint density at radius 1 is 1.05 bits per heavy atom. The van der Waals surface area contributed by atoms with Gasteiger partial charge in [0.2, 0.25) is 11.8 Å². The molecule has 2 aliphatic carbocycles. The number of carbonyl (C=O) groups is 2. The van der Waals surface area contributed by atoms with Gasteiger partial charge in [0.1, 0.15) is 0 Å². The average Bonchev–Trinajstić information content (AvgIpc) is 2.77. The Morgan fingerprint density at radius 3 is 2.21 bits per heavy atom. The highest BCUT2D eigenvalue weighted by Gasteiger charge is 2.38. The number of carbonyl (C=O) groups excluding carboxylic acids is 1. The molecule has 2 saturated carbocycles. The van der Waals surface area contributed by atoms with Crippen molar-refractivity contribution in [1.82, 2.24) is 5.32 Å². The van der Waals surface area contributed by atoms with Crippen LogP contribution in [0, 0.1) is 11.8 Å². The number of halogens is 2. The van der Waals surface area contributed by atoms with Gasteiger partial charge in [0.05, 0.1) is 5.92 Å². The van der Waals surface area contributed by atoms with Crippen molar-refractivity contribution < 1.29 is 23.5 Å². The largest absolute Gasteiger partial charge is 0.481 e. The second-order valence-electron chi connectivity index (χ2n) is 5.68. The number of amides is 1. The van der Waals surface area contributed by atoms with E-state index in [2.05, 4.69) is 5.32 Å². The summed E-state index contributed by atoms with van der Waals surface area (Å²) in [4.78, 5) is 22.7. The molecule has 2 fully saturated rings. The zero-order valence-electron chi connectivity index (χ0n) is 10.7. The number of aliphatic carboxylic acids is 1. The maximum Gasteiger partial charge on any atom is 0.306 e. The molecule has 0 aromatic heterocycles. The first-order chi connectivity index (χ1) is 8.87. The summed E-state index contributed by atoms with van der Waals surface area (Å²) in [6.07, 6.45) is 1.65. The molecular formula is C13H19F2NO3. The van der Waals surface area contributed by atoms with E-state index < -0.39 is 11.9 Å². The van der Waals surface area contributed by atoms with Gasteiger partial charge in [-0.25, -0.2) is 8.78 Å². The molecule has 2 aliphatic rings. The molecule has 2 N–H and O–H groups in total. The molecule has 0 unspecified atom stereocenters. The van der Waals surface area contributed by atoms with Gasteiger partial charge in [-0.05, 0) is 32.1 Å². The highest BCUT2D eigenvalue weighted by molar-refractivity contribution is 5.79. The molecule has 1 amide bonds. The second-order valence-corrected chi connectivity index (χ2v) is 5.68. The lowest BCUT2D eigenvalue weighted by Gasteiger charge is -2.28. The minimum absolute atomic E-state index is 0.115. The van der Waals surface area contributed by atoms with Crippen molar-refractivity contribution in [3.05, 3.63) is 0 Å². The summed E-state index contributed by atoms with van der Waals surface area (Å²) in [5.74, 6) is -4.37. The van der Waals surface area contributed by atoms with Crippen molar-refractivity contribution in [3.8, 4) is 0 Å². The van der Waals surface area contributed by atoms with E-state index in [1.54, 1.807) is 0 Å². The molecule has 0 radical (unpaired) electrons. The van der Waals surface area contributed by atoms with E-state index in [0.29, 0.717) is 19.3 Å². The molecule has 0 bridgehead atoms. The van der Waals surface area contributed by atoms with E-state index in [1.807, 2.05) is 0 Å². The van der Waals surface area contributed by atoms with Crippen LogP contribution in [0.15, 0.2) is 0 Å². The first kappa shape index (κ1) is 14.2. The lowest BCUT2D eigenvalue weighted by atomic mass is 9.86. The van der Waals surface area contributed by atoms with Crippen LogP contribution in [0.2, 0.25) is 0 Å². The summed E-state index contributed by atoms with van der Waals surface area (Å²) in [6.45, 7) is 0. The number of nitrogens with one attached hydrogen (secondary N) is 1. The Kier molecular flexibility index (Phi) is 4.06. The Balaban J connectivity index is 1.78. The third kappa shape index (κ3) is 3.64. The van der Waals surface area contributed by atoms with E-state index in [9.17, 15) is 18.4 Å². The highest BCUT2D eigenvalue weighted by atomic mass is 19.3. The predicted octanol–water partition coefficient (Wildman–Crippen LogP) is 2.18. The zero-order chi connectivity index (χ0) is 14.0. The summed E-state index contributed by atoms with van der Waals surface area (Å²) in [5, 5.41) is 11.7. The Bertz CT molecular complexity index is 363. The average molecular weight is 275 g/mol. The fourth-order valence-electron chi connectivity index (χ4n) is 2.96. The van der Waals surface area contributed by atoms with Crippen LogP contribution < -0.4 is 5.32 Å². The van der Waals surface area contributed by atoms with Crippen LogP contribution in [0.25, 0.3) is 0 Å². The van der Waals surface area contributed by atoms with Crippen LogP contribution in [-0.4, -0.2) is 28.9 Å². The molecule has 4 nitrogen and oxygen atoms in total. The molecular weight excluding hydrogens is 256 g/mol.